The lowest BCUT2D eigenvalue weighted by Gasteiger charge is -2.01. The van der Waals surface area contributed by atoms with Crippen molar-refractivity contribution in [3.8, 4) is 0 Å². The Morgan fingerprint density at radius 2 is 1.19 bits per heavy atom. The highest BCUT2D eigenvalue weighted by atomic mass is 16.1. The minimum Gasteiger partial charge on any atom is -0.299 e. The van der Waals surface area contributed by atoms with Gasteiger partial charge in [-0.2, -0.15) is 0 Å². The van der Waals surface area contributed by atoms with Gasteiger partial charge in [-0.25, -0.2) is 0 Å². The molecule has 0 saturated carbocycles. The molecule has 0 bridgehead atoms. The molecule has 0 aliphatic rings. The van der Waals surface area contributed by atoms with Gasteiger partial charge in [0, 0.05) is 12.8 Å². The summed E-state index contributed by atoms with van der Waals surface area (Å²) in [6.45, 7) is 4.49. The topological polar surface area (TPSA) is 17.1 Å². The van der Waals surface area contributed by atoms with E-state index >= 15 is 0 Å². The van der Waals surface area contributed by atoms with E-state index in [0.717, 1.165) is 19.3 Å². The minimum atomic E-state index is 0.422. The van der Waals surface area contributed by atoms with E-state index in [1.54, 1.807) is 0 Å². The van der Waals surface area contributed by atoms with Crippen molar-refractivity contribution in [3.63, 3.8) is 0 Å². The van der Waals surface area contributed by atoms with Gasteiger partial charge in [-0.1, -0.05) is 90.2 Å². The molecule has 0 N–H and O–H groups in total. The van der Waals surface area contributed by atoms with E-state index in [9.17, 15) is 4.79 Å². The molecule has 0 spiro atoms. The summed E-state index contributed by atoms with van der Waals surface area (Å²) in [7, 11) is 0. The molecule has 1 heteroatoms. The number of hydrogen-bond acceptors (Lipinski definition) is 1. The van der Waals surface area contributed by atoms with E-state index in [0.29, 0.717) is 12.2 Å². The summed E-state index contributed by atoms with van der Waals surface area (Å²) in [4.78, 5) is 11.7. The monoisotopic (exact) mass is 294 g/mol. The highest BCUT2D eigenvalue weighted by molar-refractivity contribution is 5.79. The summed E-state index contributed by atoms with van der Waals surface area (Å²) >= 11 is 0. The van der Waals surface area contributed by atoms with Gasteiger partial charge in [-0.15, -0.1) is 0 Å². The summed E-state index contributed by atoms with van der Waals surface area (Å²) < 4.78 is 0. The van der Waals surface area contributed by atoms with Crippen LogP contribution in [0.4, 0.5) is 0 Å². The van der Waals surface area contributed by atoms with Crippen LogP contribution in [-0.2, 0) is 4.79 Å². The van der Waals surface area contributed by atoms with Gasteiger partial charge in [0.25, 0.3) is 0 Å². The van der Waals surface area contributed by atoms with Crippen LogP contribution in [0.5, 0.6) is 0 Å². The first-order valence-corrected chi connectivity index (χ1v) is 9.48. The third-order valence-corrected chi connectivity index (χ3v) is 4.05. The molecule has 124 valence electrons. The molecule has 1 nitrogen and oxygen atoms in total. The third kappa shape index (κ3) is 17.4. The Morgan fingerprint density at radius 1 is 0.667 bits per heavy atom. The van der Waals surface area contributed by atoms with Gasteiger partial charge < -0.3 is 0 Å². The van der Waals surface area contributed by atoms with Crippen LogP contribution in [0, 0.1) is 0 Å². The molecule has 0 amide bonds. The molecule has 0 radical (unpaired) electrons. The first kappa shape index (κ1) is 20.4. The normalized spacial score (nSPS) is 11.3. The predicted molar refractivity (Wildman–Crippen MR) is 94.8 cm³/mol. The van der Waals surface area contributed by atoms with Crippen molar-refractivity contribution in [1.82, 2.24) is 0 Å². The lowest BCUT2D eigenvalue weighted by Crippen LogP contribution is -1.95. The highest BCUT2D eigenvalue weighted by Crippen LogP contribution is 2.10. The van der Waals surface area contributed by atoms with E-state index in [2.05, 4.69) is 26.0 Å². The first-order chi connectivity index (χ1) is 10.3. The van der Waals surface area contributed by atoms with Crippen molar-refractivity contribution in [2.45, 2.75) is 110 Å². The second-order valence-corrected chi connectivity index (χ2v) is 6.29. The lowest BCUT2D eigenvalue weighted by atomic mass is 10.0. The van der Waals surface area contributed by atoms with E-state index in [-0.39, 0.29) is 0 Å². The first-order valence-electron chi connectivity index (χ1n) is 9.48. The zero-order valence-corrected chi connectivity index (χ0v) is 14.7. The molecule has 21 heavy (non-hydrogen) atoms. The SMILES string of the molecule is CCCCCC/C=C\CC(=O)CCCCCCCCCC. The van der Waals surface area contributed by atoms with Crippen molar-refractivity contribution in [2.75, 3.05) is 0 Å². The van der Waals surface area contributed by atoms with Crippen LogP contribution >= 0.6 is 0 Å². The molecule has 0 aromatic heterocycles. The van der Waals surface area contributed by atoms with Crippen molar-refractivity contribution in [1.29, 1.82) is 0 Å². The van der Waals surface area contributed by atoms with Gasteiger partial charge in [-0.05, 0) is 19.3 Å². The summed E-state index contributed by atoms with van der Waals surface area (Å²) in [6, 6.07) is 0. The van der Waals surface area contributed by atoms with Crippen LogP contribution in [0.15, 0.2) is 12.2 Å². The molecule has 0 aliphatic heterocycles. The number of carbonyl (C=O) groups excluding carboxylic acids is 1. The Bertz CT molecular complexity index is 242. The maximum Gasteiger partial charge on any atom is 0.136 e. The number of hydrogen-bond donors (Lipinski definition) is 0. The standard InChI is InChI=1S/C20H38O/c1-3-5-7-9-11-13-15-17-19-20(21)18-16-14-12-10-8-6-4-2/h14,16H,3-13,15,17-19H2,1-2H3/b16-14-. The molecule has 0 rings (SSSR count). The quantitative estimate of drug-likeness (QED) is 0.221. The van der Waals surface area contributed by atoms with Crippen LogP contribution in [0.25, 0.3) is 0 Å². The molecule has 0 unspecified atom stereocenters. The molecule has 0 atom stereocenters. The van der Waals surface area contributed by atoms with Crippen molar-refractivity contribution >= 4 is 5.78 Å². The molecular weight excluding hydrogens is 256 g/mol. The number of unbranched alkanes of at least 4 members (excludes halogenated alkanes) is 11. The number of ketones is 1. The Labute approximate surface area is 133 Å². The molecular formula is C20H38O. The van der Waals surface area contributed by atoms with Gasteiger partial charge in [0.2, 0.25) is 0 Å². The third-order valence-electron chi connectivity index (χ3n) is 4.05. The van der Waals surface area contributed by atoms with Gasteiger partial charge >= 0.3 is 0 Å². The van der Waals surface area contributed by atoms with Crippen LogP contribution in [-0.4, -0.2) is 5.78 Å². The number of Topliss-reactive ketones (excluding diaryl/α,β-unsaturated/α-hetero) is 1. The Kier molecular flexibility index (Phi) is 17.0. The number of rotatable bonds is 16. The van der Waals surface area contributed by atoms with Crippen molar-refractivity contribution in [3.05, 3.63) is 12.2 Å². The molecule has 0 heterocycles. The van der Waals surface area contributed by atoms with Gasteiger partial charge in [0.05, 0.1) is 0 Å². The Morgan fingerprint density at radius 3 is 1.81 bits per heavy atom. The molecule has 0 aliphatic carbocycles. The second kappa shape index (κ2) is 17.5. The maximum absolute atomic E-state index is 11.7. The Balaban J connectivity index is 3.24. The zero-order chi connectivity index (χ0) is 15.6. The summed E-state index contributed by atoms with van der Waals surface area (Å²) in [6.07, 6.45) is 22.6. The lowest BCUT2D eigenvalue weighted by molar-refractivity contribution is -0.118. The van der Waals surface area contributed by atoms with Crippen LogP contribution in [0.2, 0.25) is 0 Å². The highest BCUT2D eigenvalue weighted by Gasteiger charge is 1.99. The summed E-state index contributed by atoms with van der Waals surface area (Å²) in [5.74, 6) is 0.422. The van der Waals surface area contributed by atoms with E-state index in [1.807, 2.05) is 0 Å². The van der Waals surface area contributed by atoms with Crippen LogP contribution in [0.1, 0.15) is 110 Å². The van der Waals surface area contributed by atoms with Gasteiger partial charge in [0.15, 0.2) is 0 Å². The molecule has 0 aromatic carbocycles. The molecule has 0 saturated heterocycles. The second-order valence-electron chi connectivity index (χ2n) is 6.29. The van der Waals surface area contributed by atoms with E-state index in [4.69, 9.17) is 0 Å². The fourth-order valence-corrected chi connectivity index (χ4v) is 2.58. The zero-order valence-electron chi connectivity index (χ0n) is 14.7. The number of allylic oxidation sites excluding steroid dienone is 2. The van der Waals surface area contributed by atoms with Crippen molar-refractivity contribution < 1.29 is 4.79 Å². The molecule has 0 aromatic rings. The van der Waals surface area contributed by atoms with Crippen molar-refractivity contribution in [2.24, 2.45) is 0 Å². The average Bonchev–Trinajstić information content (AvgIpc) is 2.49. The fourth-order valence-electron chi connectivity index (χ4n) is 2.58. The number of carbonyl (C=O) groups is 1. The fraction of sp³-hybridized carbons (Fsp3) is 0.850. The minimum absolute atomic E-state index is 0.422. The molecule has 0 fully saturated rings. The largest absolute Gasteiger partial charge is 0.299 e. The Hall–Kier alpha value is -0.590. The van der Waals surface area contributed by atoms with Gasteiger partial charge in [-0.3, -0.25) is 4.79 Å². The van der Waals surface area contributed by atoms with Crippen LogP contribution < -0.4 is 0 Å². The predicted octanol–water partition coefficient (Wildman–Crippen LogP) is 7.00. The van der Waals surface area contributed by atoms with E-state index < -0.39 is 0 Å². The smallest absolute Gasteiger partial charge is 0.136 e. The summed E-state index contributed by atoms with van der Waals surface area (Å²) in [5.41, 5.74) is 0. The summed E-state index contributed by atoms with van der Waals surface area (Å²) in [5, 5.41) is 0. The average molecular weight is 295 g/mol. The van der Waals surface area contributed by atoms with Gasteiger partial charge in [0.1, 0.15) is 5.78 Å². The van der Waals surface area contributed by atoms with Crippen LogP contribution in [0.3, 0.4) is 0 Å². The maximum atomic E-state index is 11.7. The van der Waals surface area contributed by atoms with E-state index in [1.165, 1.54) is 70.6 Å².